The Morgan fingerprint density at radius 1 is 1.19 bits per heavy atom. The minimum Gasteiger partial charge on any atom is -0.0958 e. The number of rotatable bonds is 5. The highest BCUT2D eigenvalue weighted by atomic mass is 14.1. The van der Waals surface area contributed by atoms with Crippen molar-refractivity contribution in [2.45, 2.75) is 61.8 Å². The van der Waals surface area contributed by atoms with Gasteiger partial charge < -0.3 is 0 Å². The summed E-state index contributed by atoms with van der Waals surface area (Å²) in [6.45, 7) is 16.7. The highest BCUT2D eigenvalue weighted by molar-refractivity contribution is 5.80. The van der Waals surface area contributed by atoms with E-state index < -0.39 is 0 Å². The summed E-state index contributed by atoms with van der Waals surface area (Å²) in [7, 11) is 0. The molecule has 0 saturated carbocycles. The van der Waals surface area contributed by atoms with Crippen molar-refractivity contribution in [3.05, 3.63) is 65.3 Å². The molecule has 0 heteroatoms. The fraction of sp³-hybridized carbons (Fsp3) is 0.429. The molecule has 0 fully saturated rings. The predicted molar refractivity (Wildman–Crippen MR) is 101 cm³/mol. The molecule has 21 heavy (non-hydrogen) atoms. The lowest BCUT2D eigenvalue weighted by Crippen LogP contribution is -1.94. The summed E-state index contributed by atoms with van der Waals surface area (Å²) in [6.07, 6.45) is 6.56. The second-order valence-electron chi connectivity index (χ2n) is 4.74. The third-order valence-electron chi connectivity index (χ3n) is 3.11. The van der Waals surface area contributed by atoms with E-state index >= 15 is 0 Å². The minimum absolute atomic E-state index is 0. The zero-order valence-electron chi connectivity index (χ0n) is 14.1. The van der Waals surface area contributed by atoms with Gasteiger partial charge in [-0.1, -0.05) is 83.2 Å². The van der Waals surface area contributed by atoms with Gasteiger partial charge in [0.25, 0.3) is 0 Å². The SMILES string of the molecule is C.C=C(C)/C(CCC)=C(\C=C/C)c1ccccc1C.CC. The number of hydrogen-bond donors (Lipinski definition) is 0. The van der Waals surface area contributed by atoms with Crippen LogP contribution >= 0.6 is 0 Å². The summed E-state index contributed by atoms with van der Waals surface area (Å²) in [5, 5.41) is 0. The normalized spacial score (nSPS) is 11.1. The maximum Gasteiger partial charge on any atom is -0.0150 e. The molecule has 0 aliphatic carbocycles. The third-order valence-corrected chi connectivity index (χ3v) is 3.11. The molecule has 1 rings (SSSR count). The van der Waals surface area contributed by atoms with E-state index in [0.29, 0.717) is 0 Å². The molecule has 1 aromatic rings. The zero-order valence-corrected chi connectivity index (χ0v) is 14.1. The zero-order chi connectivity index (χ0) is 15.5. The Morgan fingerprint density at radius 2 is 1.76 bits per heavy atom. The fourth-order valence-corrected chi connectivity index (χ4v) is 2.22. The van der Waals surface area contributed by atoms with Crippen LogP contribution < -0.4 is 0 Å². The monoisotopic (exact) mass is 286 g/mol. The Morgan fingerprint density at radius 3 is 2.19 bits per heavy atom. The highest BCUT2D eigenvalue weighted by Crippen LogP contribution is 2.29. The van der Waals surface area contributed by atoms with E-state index in [1.807, 2.05) is 13.8 Å². The Hall–Kier alpha value is -1.56. The molecule has 0 nitrogen and oxygen atoms in total. The molecule has 1 aromatic carbocycles. The summed E-state index contributed by atoms with van der Waals surface area (Å²) in [4.78, 5) is 0. The van der Waals surface area contributed by atoms with Crippen molar-refractivity contribution in [2.24, 2.45) is 0 Å². The summed E-state index contributed by atoms with van der Waals surface area (Å²) in [5.74, 6) is 0. The Kier molecular flexibility index (Phi) is 12.6. The lowest BCUT2D eigenvalue weighted by Gasteiger charge is -2.15. The predicted octanol–water partition coefficient (Wildman–Crippen LogP) is 7.36. The maximum absolute atomic E-state index is 4.14. The van der Waals surface area contributed by atoms with Crippen LogP contribution in [-0.4, -0.2) is 0 Å². The lowest BCUT2D eigenvalue weighted by atomic mass is 9.90. The van der Waals surface area contributed by atoms with Gasteiger partial charge in [0.1, 0.15) is 0 Å². The molecule has 0 aromatic heterocycles. The first kappa shape index (κ1) is 21.7. The molecule has 0 unspecified atom stereocenters. The average Bonchev–Trinajstić information content (AvgIpc) is 2.45. The molecule has 0 atom stereocenters. The quantitative estimate of drug-likeness (QED) is 0.496. The molecular formula is C21H34. The summed E-state index contributed by atoms with van der Waals surface area (Å²) >= 11 is 0. The van der Waals surface area contributed by atoms with Crippen LogP contribution in [0.4, 0.5) is 0 Å². The summed E-state index contributed by atoms with van der Waals surface area (Å²) in [6, 6.07) is 8.56. The van der Waals surface area contributed by atoms with Crippen LogP contribution in [0, 0.1) is 6.92 Å². The van der Waals surface area contributed by atoms with Gasteiger partial charge >= 0.3 is 0 Å². The Labute approximate surface area is 133 Å². The first-order chi connectivity index (χ1) is 9.61. The number of allylic oxidation sites excluding steroid dienone is 5. The molecule has 0 spiro atoms. The van der Waals surface area contributed by atoms with Crippen LogP contribution in [0.15, 0.2) is 54.1 Å². The highest BCUT2D eigenvalue weighted by Gasteiger charge is 2.08. The largest absolute Gasteiger partial charge is 0.0958 e. The van der Waals surface area contributed by atoms with Crippen molar-refractivity contribution in [3.63, 3.8) is 0 Å². The molecule has 0 amide bonds. The molecule has 0 N–H and O–H groups in total. The molecule has 0 aliphatic rings. The van der Waals surface area contributed by atoms with Crippen LogP contribution in [0.1, 0.15) is 66.0 Å². The molecular weight excluding hydrogens is 252 g/mol. The molecule has 0 heterocycles. The van der Waals surface area contributed by atoms with E-state index in [2.05, 4.69) is 70.7 Å². The number of benzene rings is 1. The van der Waals surface area contributed by atoms with E-state index in [1.54, 1.807) is 0 Å². The van der Waals surface area contributed by atoms with Gasteiger partial charge in [-0.2, -0.15) is 0 Å². The van der Waals surface area contributed by atoms with Gasteiger partial charge in [-0.15, -0.1) is 0 Å². The Bertz CT molecular complexity index is 473. The van der Waals surface area contributed by atoms with E-state index in [1.165, 1.54) is 27.8 Å². The third kappa shape index (κ3) is 6.62. The van der Waals surface area contributed by atoms with Crippen molar-refractivity contribution >= 4 is 5.57 Å². The maximum atomic E-state index is 4.14. The molecule has 0 radical (unpaired) electrons. The molecule has 0 bridgehead atoms. The Balaban J connectivity index is 0. The van der Waals surface area contributed by atoms with E-state index in [0.717, 1.165) is 12.8 Å². The second-order valence-corrected chi connectivity index (χ2v) is 4.74. The minimum atomic E-state index is 0. The fourth-order valence-electron chi connectivity index (χ4n) is 2.22. The van der Waals surface area contributed by atoms with Gasteiger partial charge in [0.15, 0.2) is 0 Å². The van der Waals surface area contributed by atoms with Crippen molar-refractivity contribution in [1.29, 1.82) is 0 Å². The lowest BCUT2D eigenvalue weighted by molar-refractivity contribution is 0.915. The van der Waals surface area contributed by atoms with Gasteiger partial charge in [-0.05, 0) is 49.5 Å². The summed E-state index contributed by atoms with van der Waals surface area (Å²) in [5.41, 5.74) is 6.52. The van der Waals surface area contributed by atoms with E-state index in [4.69, 9.17) is 0 Å². The van der Waals surface area contributed by atoms with E-state index in [9.17, 15) is 0 Å². The van der Waals surface area contributed by atoms with Crippen LogP contribution in [-0.2, 0) is 0 Å². The number of aryl methyl sites for hydroxylation is 1. The first-order valence-corrected chi connectivity index (χ1v) is 7.69. The van der Waals surface area contributed by atoms with Gasteiger partial charge in [-0.3, -0.25) is 0 Å². The standard InChI is InChI=1S/C18H24.C2H6.CH4/c1-6-10-16(14(3)4)18(11-7-2)17-13-9-8-12-15(17)5;1-2;/h7-9,11-13H,3,6,10H2,1-2,4-5H3;1-2H3;1H4/b11-7-,18-16+;;. The van der Waals surface area contributed by atoms with Crippen LogP contribution in [0.2, 0.25) is 0 Å². The van der Waals surface area contributed by atoms with Crippen molar-refractivity contribution in [2.75, 3.05) is 0 Å². The van der Waals surface area contributed by atoms with Crippen LogP contribution in [0.5, 0.6) is 0 Å². The van der Waals surface area contributed by atoms with Gasteiger partial charge in [0.2, 0.25) is 0 Å². The average molecular weight is 287 g/mol. The number of hydrogen-bond acceptors (Lipinski definition) is 0. The van der Waals surface area contributed by atoms with Crippen LogP contribution in [0.25, 0.3) is 5.57 Å². The topological polar surface area (TPSA) is 0 Å². The van der Waals surface area contributed by atoms with Gasteiger partial charge in [-0.25, -0.2) is 0 Å². The first-order valence-electron chi connectivity index (χ1n) is 7.69. The van der Waals surface area contributed by atoms with Crippen molar-refractivity contribution in [1.82, 2.24) is 0 Å². The van der Waals surface area contributed by atoms with Crippen LogP contribution in [0.3, 0.4) is 0 Å². The molecule has 118 valence electrons. The molecule has 0 saturated heterocycles. The van der Waals surface area contributed by atoms with Gasteiger partial charge in [0.05, 0.1) is 0 Å². The summed E-state index contributed by atoms with van der Waals surface area (Å²) < 4.78 is 0. The van der Waals surface area contributed by atoms with Crippen molar-refractivity contribution < 1.29 is 0 Å². The van der Waals surface area contributed by atoms with Crippen molar-refractivity contribution in [3.8, 4) is 0 Å². The smallest absolute Gasteiger partial charge is 0.0150 e. The van der Waals surface area contributed by atoms with Gasteiger partial charge in [0, 0.05) is 0 Å². The molecule has 0 aliphatic heterocycles. The second kappa shape index (κ2) is 12.2. The van der Waals surface area contributed by atoms with E-state index in [-0.39, 0.29) is 7.43 Å².